The van der Waals surface area contributed by atoms with Gasteiger partial charge in [-0.25, -0.2) is 0 Å². The molecule has 3 saturated carbocycles. The average Bonchev–Trinajstić information content (AvgIpc) is 2.74. The maximum atomic E-state index is 12.3. The minimum atomic E-state index is -0.407. The number of primary amides is 1. The molecule has 178 valence electrons. The molecule has 4 atom stereocenters. The lowest BCUT2D eigenvalue weighted by Crippen LogP contribution is -2.51. The molecule has 4 N–H and O–H groups in total. The molecule has 0 aromatic heterocycles. The Morgan fingerprint density at radius 3 is 2.28 bits per heavy atom. The Balaban J connectivity index is 0.000000352. The van der Waals surface area contributed by atoms with Gasteiger partial charge in [-0.2, -0.15) is 0 Å². The van der Waals surface area contributed by atoms with Crippen molar-refractivity contribution in [3.05, 3.63) is 47.5 Å². The summed E-state index contributed by atoms with van der Waals surface area (Å²) in [5.41, 5.74) is 14.2. The highest BCUT2D eigenvalue weighted by Crippen LogP contribution is 2.59. The molecule has 2 bridgehead atoms. The van der Waals surface area contributed by atoms with Crippen molar-refractivity contribution in [2.45, 2.75) is 103 Å². The highest BCUT2D eigenvalue weighted by atomic mass is 16.1. The first-order valence-electron chi connectivity index (χ1n) is 13.0. The van der Waals surface area contributed by atoms with E-state index in [-0.39, 0.29) is 11.3 Å². The Hall–Kier alpha value is -1.61. The molecule has 3 nitrogen and oxygen atoms in total. The van der Waals surface area contributed by atoms with E-state index in [0.717, 1.165) is 32.1 Å². The summed E-state index contributed by atoms with van der Waals surface area (Å²) in [6.45, 7) is 9.01. The molecule has 4 rings (SSSR count). The fraction of sp³-hybridized carbons (Fsp3) is 0.690. The summed E-state index contributed by atoms with van der Waals surface area (Å²) in [7, 11) is 0. The summed E-state index contributed by atoms with van der Waals surface area (Å²) < 4.78 is 0. The van der Waals surface area contributed by atoms with E-state index in [1.165, 1.54) is 37.7 Å². The summed E-state index contributed by atoms with van der Waals surface area (Å²) in [5, 5.41) is 0. The molecule has 1 amide bonds. The third-order valence-electron chi connectivity index (χ3n) is 8.26. The van der Waals surface area contributed by atoms with E-state index in [1.807, 2.05) is 0 Å². The monoisotopic (exact) mass is 438 g/mol. The Morgan fingerprint density at radius 2 is 1.75 bits per heavy atom. The van der Waals surface area contributed by atoms with Gasteiger partial charge in [0.15, 0.2) is 0 Å². The number of nitrogens with two attached hydrogens (primary N) is 2. The second-order valence-corrected chi connectivity index (χ2v) is 11.7. The Bertz CT molecular complexity index is 776. The van der Waals surface area contributed by atoms with Crippen LogP contribution in [0.1, 0.15) is 97.5 Å². The van der Waals surface area contributed by atoms with E-state index in [9.17, 15) is 4.79 Å². The summed E-state index contributed by atoms with van der Waals surface area (Å²) in [5.74, 6) is 1.60. The molecule has 3 aliphatic carbocycles. The smallest absolute Gasteiger partial charge is 0.223 e. The maximum absolute atomic E-state index is 12.3. The third-order valence-corrected chi connectivity index (χ3v) is 8.26. The van der Waals surface area contributed by atoms with Crippen molar-refractivity contribution >= 4 is 5.91 Å². The van der Waals surface area contributed by atoms with Gasteiger partial charge in [0.1, 0.15) is 0 Å². The zero-order valence-electron chi connectivity index (χ0n) is 20.9. The summed E-state index contributed by atoms with van der Waals surface area (Å²) in [6, 6.07) is 11.4. The number of hydrogen-bond acceptors (Lipinski definition) is 2. The van der Waals surface area contributed by atoms with Crippen molar-refractivity contribution in [3.63, 3.8) is 0 Å². The number of carbonyl (C=O) groups is 1. The normalized spacial score (nSPS) is 34.1. The van der Waals surface area contributed by atoms with Crippen LogP contribution in [0.2, 0.25) is 0 Å². The second-order valence-electron chi connectivity index (χ2n) is 11.7. The minimum absolute atomic E-state index is 0.0859. The minimum Gasteiger partial charge on any atom is -0.369 e. The van der Waals surface area contributed by atoms with Crippen molar-refractivity contribution in [3.8, 4) is 0 Å². The highest BCUT2D eigenvalue weighted by molar-refractivity contribution is 5.81. The predicted molar refractivity (Wildman–Crippen MR) is 135 cm³/mol. The number of benzene rings is 1. The van der Waals surface area contributed by atoms with Gasteiger partial charge < -0.3 is 11.5 Å². The van der Waals surface area contributed by atoms with Gasteiger partial charge in [0.25, 0.3) is 0 Å². The number of amides is 1. The van der Waals surface area contributed by atoms with E-state index in [4.69, 9.17) is 11.5 Å². The van der Waals surface area contributed by atoms with E-state index in [2.05, 4.69) is 64.1 Å². The Labute approximate surface area is 196 Å². The Kier molecular flexibility index (Phi) is 8.25. The maximum Gasteiger partial charge on any atom is 0.223 e. The molecule has 1 aromatic rings. The lowest BCUT2D eigenvalue weighted by atomic mass is 9.49. The van der Waals surface area contributed by atoms with Crippen LogP contribution in [-0.4, -0.2) is 11.9 Å². The highest BCUT2D eigenvalue weighted by Gasteiger charge is 2.53. The van der Waals surface area contributed by atoms with Gasteiger partial charge in [0, 0.05) is 11.5 Å². The molecule has 0 aliphatic heterocycles. The van der Waals surface area contributed by atoms with Crippen molar-refractivity contribution in [2.75, 3.05) is 0 Å². The summed E-state index contributed by atoms with van der Waals surface area (Å²) in [4.78, 5) is 12.3. The first-order valence-corrected chi connectivity index (χ1v) is 13.0. The fourth-order valence-corrected chi connectivity index (χ4v) is 6.67. The molecule has 4 unspecified atom stereocenters. The van der Waals surface area contributed by atoms with Crippen LogP contribution >= 0.6 is 0 Å². The van der Waals surface area contributed by atoms with Crippen LogP contribution in [0.25, 0.3) is 0 Å². The van der Waals surface area contributed by atoms with E-state index in [1.54, 1.807) is 5.57 Å². The number of allylic oxidation sites excluding steroid dienone is 2. The standard InChI is InChI=1S/C23H33NO.C6H13N/c1-16(2)10-11-20-17(3)12-23(19-8-6-5-7-9-19)14-18(20)13-22(4,15-23)21(24)25;7-6-4-2-1-3-5-6/h5-9,11,16-18H,10,12-15H2,1-4H3,(H2,24,25);6H,1-5,7H2/b20-11+;. The van der Waals surface area contributed by atoms with Crippen LogP contribution in [0.3, 0.4) is 0 Å². The molecule has 0 heterocycles. The summed E-state index contributed by atoms with van der Waals surface area (Å²) in [6.07, 6.45) is 14.3. The lowest BCUT2D eigenvalue weighted by molar-refractivity contribution is -0.131. The number of carbonyl (C=O) groups excluding carboxylic acids is 1. The van der Waals surface area contributed by atoms with Gasteiger partial charge in [-0.3, -0.25) is 4.79 Å². The van der Waals surface area contributed by atoms with Crippen LogP contribution in [0.4, 0.5) is 0 Å². The van der Waals surface area contributed by atoms with Gasteiger partial charge in [-0.1, -0.05) is 88.9 Å². The molecule has 32 heavy (non-hydrogen) atoms. The van der Waals surface area contributed by atoms with Crippen LogP contribution < -0.4 is 11.5 Å². The van der Waals surface area contributed by atoms with Gasteiger partial charge in [-0.05, 0) is 73.7 Å². The molecule has 0 spiro atoms. The number of hydrogen-bond donors (Lipinski definition) is 2. The third kappa shape index (κ3) is 5.84. The van der Waals surface area contributed by atoms with Crippen molar-refractivity contribution in [1.82, 2.24) is 0 Å². The molecule has 3 fully saturated rings. The first-order chi connectivity index (χ1) is 15.2. The van der Waals surface area contributed by atoms with Crippen LogP contribution in [-0.2, 0) is 10.2 Å². The number of rotatable bonds is 4. The molecule has 3 aliphatic rings. The molecular weight excluding hydrogens is 392 g/mol. The van der Waals surface area contributed by atoms with Crippen LogP contribution in [0, 0.1) is 23.2 Å². The van der Waals surface area contributed by atoms with Gasteiger partial charge in [0.2, 0.25) is 5.91 Å². The van der Waals surface area contributed by atoms with E-state index in [0.29, 0.717) is 23.8 Å². The fourth-order valence-electron chi connectivity index (χ4n) is 6.67. The van der Waals surface area contributed by atoms with E-state index >= 15 is 0 Å². The molecule has 0 saturated heterocycles. The molecule has 1 aromatic carbocycles. The van der Waals surface area contributed by atoms with E-state index < -0.39 is 5.41 Å². The molecule has 3 heteroatoms. The van der Waals surface area contributed by atoms with Crippen molar-refractivity contribution < 1.29 is 4.79 Å². The lowest BCUT2D eigenvalue weighted by Gasteiger charge is -2.55. The zero-order valence-corrected chi connectivity index (χ0v) is 20.9. The zero-order chi connectivity index (χ0) is 23.4. The quantitative estimate of drug-likeness (QED) is 0.526. The largest absolute Gasteiger partial charge is 0.369 e. The first kappa shape index (κ1) is 25.0. The van der Waals surface area contributed by atoms with Gasteiger partial charge in [0.05, 0.1) is 0 Å². The Morgan fingerprint density at radius 1 is 1.09 bits per heavy atom. The SMILES string of the molecule is CC(C)C/C=C1\C(C)CC2(c3ccccc3)CC1CC(C)(C(N)=O)C2.NC1CCCCC1. The topological polar surface area (TPSA) is 69.1 Å². The molecular formula is C29H46N2O. The number of fused-ring (bicyclic) bond motifs is 2. The van der Waals surface area contributed by atoms with Gasteiger partial charge in [-0.15, -0.1) is 0 Å². The van der Waals surface area contributed by atoms with Crippen molar-refractivity contribution in [2.24, 2.45) is 34.6 Å². The average molecular weight is 439 g/mol. The van der Waals surface area contributed by atoms with Crippen LogP contribution in [0.15, 0.2) is 42.0 Å². The second kappa shape index (κ2) is 10.5. The van der Waals surface area contributed by atoms with Crippen molar-refractivity contribution in [1.29, 1.82) is 0 Å². The van der Waals surface area contributed by atoms with Crippen LogP contribution in [0.5, 0.6) is 0 Å². The van der Waals surface area contributed by atoms with Gasteiger partial charge >= 0.3 is 0 Å². The summed E-state index contributed by atoms with van der Waals surface area (Å²) >= 11 is 0. The predicted octanol–water partition coefficient (Wildman–Crippen LogP) is 6.51. The molecule has 0 radical (unpaired) electrons.